The summed E-state index contributed by atoms with van der Waals surface area (Å²) in [6.45, 7) is 6.53. The molecule has 1 aromatic rings. The first kappa shape index (κ1) is 19.9. The standard InChI is InChI=1S/C17H25NO6/c1-6-18(7-2)17(20)15-13(9-19)8-14(23-10-21-4)12(3)16(15)24-11-22-5/h8-9H,6-7,10-11H2,1-5H3. The van der Waals surface area contributed by atoms with Crippen LogP contribution < -0.4 is 9.47 Å². The van der Waals surface area contributed by atoms with Crippen molar-refractivity contribution < 1.29 is 28.5 Å². The van der Waals surface area contributed by atoms with Crippen LogP contribution in [-0.2, 0) is 9.47 Å². The quantitative estimate of drug-likeness (QED) is 0.481. The number of rotatable bonds is 10. The summed E-state index contributed by atoms with van der Waals surface area (Å²) < 4.78 is 20.9. The Morgan fingerprint density at radius 2 is 1.71 bits per heavy atom. The van der Waals surface area contributed by atoms with Gasteiger partial charge in [0.1, 0.15) is 11.5 Å². The summed E-state index contributed by atoms with van der Waals surface area (Å²) in [5, 5.41) is 0. The van der Waals surface area contributed by atoms with Gasteiger partial charge < -0.3 is 23.8 Å². The average molecular weight is 339 g/mol. The van der Waals surface area contributed by atoms with Crippen molar-refractivity contribution in [3.8, 4) is 11.5 Å². The number of nitrogens with zero attached hydrogens (tertiary/aromatic N) is 1. The van der Waals surface area contributed by atoms with Crippen LogP contribution in [-0.4, -0.2) is 58.0 Å². The van der Waals surface area contributed by atoms with E-state index < -0.39 is 0 Å². The molecule has 0 unspecified atom stereocenters. The molecule has 0 heterocycles. The van der Waals surface area contributed by atoms with E-state index in [1.54, 1.807) is 11.8 Å². The van der Waals surface area contributed by atoms with Gasteiger partial charge in [0.05, 0.1) is 5.56 Å². The van der Waals surface area contributed by atoms with Crippen LogP contribution in [0.5, 0.6) is 11.5 Å². The number of benzene rings is 1. The van der Waals surface area contributed by atoms with Crippen molar-refractivity contribution in [2.45, 2.75) is 20.8 Å². The van der Waals surface area contributed by atoms with Crippen LogP contribution in [0.3, 0.4) is 0 Å². The van der Waals surface area contributed by atoms with Gasteiger partial charge in [-0.3, -0.25) is 9.59 Å². The van der Waals surface area contributed by atoms with E-state index in [0.717, 1.165) is 0 Å². The molecule has 0 atom stereocenters. The Morgan fingerprint density at radius 1 is 1.12 bits per heavy atom. The molecule has 1 rings (SSSR count). The van der Waals surface area contributed by atoms with Crippen LogP contribution in [0.1, 0.15) is 40.1 Å². The van der Waals surface area contributed by atoms with Crippen molar-refractivity contribution >= 4 is 12.2 Å². The number of carbonyl (C=O) groups excluding carboxylic acids is 2. The zero-order valence-electron chi connectivity index (χ0n) is 14.9. The van der Waals surface area contributed by atoms with Crippen LogP contribution in [0, 0.1) is 6.92 Å². The molecule has 7 heteroatoms. The van der Waals surface area contributed by atoms with E-state index in [1.807, 2.05) is 13.8 Å². The van der Waals surface area contributed by atoms with Crippen LogP contribution in [0.25, 0.3) is 0 Å². The summed E-state index contributed by atoms with van der Waals surface area (Å²) >= 11 is 0. The van der Waals surface area contributed by atoms with Gasteiger partial charge in [0.25, 0.3) is 5.91 Å². The first-order valence-electron chi connectivity index (χ1n) is 7.71. The van der Waals surface area contributed by atoms with Crippen molar-refractivity contribution in [1.29, 1.82) is 0 Å². The van der Waals surface area contributed by atoms with Crippen LogP contribution in [0.15, 0.2) is 6.07 Å². The van der Waals surface area contributed by atoms with Gasteiger partial charge in [-0.05, 0) is 26.8 Å². The summed E-state index contributed by atoms with van der Waals surface area (Å²) in [6, 6.07) is 1.53. The summed E-state index contributed by atoms with van der Waals surface area (Å²) in [6.07, 6.45) is 0.621. The van der Waals surface area contributed by atoms with Crippen molar-refractivity contribution in [3.63, 3.8) is 0 Å². The molecule has 0 radical (unpaired) electrons. The molecular weight excluding hydrogens is 314 g/mol. The summed E-state index contributed by atoms with van der Waals surface area (Å²) in [5.74, 6) is 0.431. The van der Waals surface area contributed by atoms with Gasteiger partial charge in [-0.1, -0.05) is 0 Å². The predicted octanol–water partition coefficient (Wildman–Crippen LogP) is 2.25. The third-order valence-corrected chi connectivity index (χ3v) is 3.56. The predicted molar refractivity (Wildman–Crippen MR) is 88.8 cm³/mol. The second kappa shape index (κ2) is 9.89. The zero-order chi connectivity index (χ0) is 18.1. The third kappa shape index (κ3) is 4.46. The van der Waals surface area contributed by atoms with Gasteiger partial charge in [-0.15, -0.1) is 0 Å². The number of methoxy groups -OCH3 is 2. The molecule has 0 spiro atoms. The average Bonchev–Trinajstić information content (AvgIpc) is 2.60. The highest BCUT2D eigenvalue weighted by atomic mass is 16.7. The fourth-order valence-corrected chi connectivity index (χ4v) is 2.31. The summed E-state index contributed by atoms with van der Waals surface area (Å²) in [4.78, 5) is 26.0. The van der Waals surface area contributed by atoms with Crippen LogP contribution >= 0.6 is 0 Å². The SMILES string of the molecule is CCN(CC)C(=O)c1c(C=O)cc(OCOC)c(C)c1OCOC. The number of hydrogen-bond acceptors (Lipinski definition) is 6. The molecule has 0 saturated carbocycles. The summed E-state index contributed by atoms with van der Waals surface area (Å²) in [5.41, 5.74) is 1.02. The molecule has 1 aromatic carbocycles. The second-order valence-electron chi connectivity index (χ2n) is 4.99. The Kier molecular flexibility index (Phi) is 8.21. The van der Waals surface area contributed by atoms with E-state index in [0.29, 0.717) is 30.7 Å². The first-order chi connectivity index (χ1) is 11.5. The Morgan fingerprint density at radius 3 is 2.21 bits per heavy atom. The van der Waals surface area contributed by atoms with Gasteiger partial charge in [0.15, 0.2) is 19.9 Å². The molecule has 0 fully saturated rings. The number of amides is 1. The molecule has 0 N–H and O–H groups in total. The lowest BCUT2D eigenvalue weighted by Gasteiger charge is -2.23. The Balaban J connectivity index is 3.49. The second-order valence-corrected chi connectivity index (χ2v) is 4.99. The maximum Gasteiger partial charge on any atom is 0.258 e. The van der Waals surface area contributed by atoms with E-state index in [4.69, 9.17) is 18.9 Å². The summed E-state index contributed by atoms with van der Waals surface area (Å²) in [7, 11) is 2.98. The van der Waals surface area contributed by atoms with Crippen molar-refractivity contribution in [1.82, 2.24) is 4.90 Å². The fourth-order valence-electron chi connectivity index (χ4n) is 2.31. The fraction of sp³-hybridized carbons (Fsp3) is 0.529. The highest BCUT2D eigenvalue weighted by Crippen LogP contribution is 2.35. The maximum atomic E-state index is 12.8. The molecular formula is C17H25NO6. The lowest BCUT2D eigenvalue weighted by Crippen LogP contribution is -2.32. The lowest BCUT2D eigenvalue weighted by molar-refractivity contribution is 0.0438. The number of aldehydes is 1. The maximum absolute atomic E-state index is 12.8. The van der Waals surface area contributed by atoms with Gasteiger partial charge in [0.2, 0.25) is 0 Å². The van der Waals surface area contributed by atoms with E-state index in [2.05, 4.69) is 0 Å². The number of ether oxygens (including phenoxy) is 4. The van der Waals surface area contributed by atoms with Crippen molar-refractivity contribution in [2.24, 2.45) is 0 Å². The van der Waals surface area contributed by atoms with Gasteiger partial charge in [-0.25, -0.2) is 0 Å². The van der Waals surface area contributed by atoms with Crippen LogP contribution in [0.2, 0.25) is 0 Å². The number of carbonyl (C=O) groups is 2. The van der Waals surface area contributed by atoms with Crippen molar-refractivity contribution in [3.05, 3.63) is 22.8 Å². The molecule has 1 amide bonds. The lowest BCUT2D eigenvalue weighted by atomic mass is 10.0. The molecule has 0 aliphatic carbocycles. The Labute approximate surface area is 142 Å². The largest absolute Gasteiger partial charge is 0.467 e. The molecule has 24 heavy (non-hydrogen) atoms. The highest BCUT2D eigenvalue weighted by Gasteiger charge is 2.26. The van der Waals surface area contributed by atoms with Crippen LogP contribution in [0.4, 0.5) is 0 Å². The molecule has 134 valence electrons. The molecule has 0 saturated heterocycles. The highest BCUT2D eigenvalue weighted by molar-refractivity contribution is 6.04. The third-order valence-electron chi connectivity index (χ3n) is 3.56. The minimum atomic E-state index is -0.269. The molecule has 0 aliphatic rings. The normalized spacial score (nSPS) is 10.4. The van der Waals surface area contributed by atoms with E-state index in [9.17, 15) is 9.59 Å². The zero-order valence-corrected chi connectivity index (χ0v) is 14.9. The minimum absolute atomic E-state index is 0.0200. The first-order valence-corrected chi connectivity index (χ1v) is 7.71. The number of hydrogen-bond donors (Lipinski definition) is 0. The smallest absolute Gasteiger partial charge is 0.258 e. The molecule has 0 aliphatic heterocycles. The van der Waals surface area contributed by atoms with E-state index in [-0.39, 0.29) is 36.4 Å². The van der Waals surface area contributed by atoms with Gasteiger partial charge in [-0.2, -0.15) is 0 Å². The van der Waals surface area contributed by atoms with Gasteiger partial charge in [0, 0.05) is 38.4 Å². The van der Waals surface area contributed by atoms with E-state index >= 15 is 0 Å². The van der Waals surface area contributed by atoms with E-state index in [1.165, 1.54) is 20.3 Å². The minimum Gasteiger partial charge on any atom is -0.467 e. The Hall–Kier alpha value is -2.12. The molecule has 0 bridgehead atoms. The molecule has 0 aromatic heterocycles. The van der Waals surface area contributed by atoms with Gasteiger partial charge >= 0.3 is 0 Å². The molecule has 7 nitrogen and oxygen atoms in total. The van der Waals surface area contributed by atoms with Crippen molar-refractivity contribution in [2.75, 3.05) is 40.9 Å². The Bertz CT molecular complexity index is 569. The monoisotopic (exact) mass is 339 g/mol. The topological polar surface area (TPSA) is 74.3 Å².